The molecule has 0 aromatic rings. The number of likely N-dealkylation sites (tertiary alicyclic amines) is 1. The molecule has 1 aliphatic carbocycles. The number of carbonyl (C=O) groups is 1. The first-order valence-corrected chi connectivity index (χ1v) is 11.0. The Labute approximate surface area is 171 Å². The highest BCUT2D eigenvalue weighted by Gasteiger charge is 2.41. The molecule has 3 rings (SSSR count). The van der Waals surface area contributed by atoms with Crippen molar-refractivity contribution in [2.75, 3.05) is 19.6 Å². The van der Waals surface area contributed by atoms with Gasteiger partial charge in [-0.15, -0.1) is 0 Å². The Morgan fingerprint density at radius 2 is 2.21 bits per heavy atom. The molecule has 0 N–H and O–H groups in total. The first-order chi connectivity index (χ1) is 13.7. The molecule has 1 fully saturated rings. The van der Waals surface area contributed by atoms with Crippen LogP contribution < -0.4 is 0 Å². The Balaban J connectivity index is 1.70. The number of hydrogen-bond donors (Lipinski definition) is 0. The molecule has 0 radical (unpaired) electrons. The molecule has 2 atom stereocenters. The Morgan fingerprint density at radius 3 is 2.96 bits per heavy atom. The third-order valence-corrected chi connectivity index (χ3v) is 6.34. The van der Waals surface area contributed by atoms with Gasteiger partial charge in [-0.3, -0.25) is 4.79 Å². The maximum absolute atomic E-state index is 13.0. The van der Waals surface area contributed by atoms with Crippen molar-refractivity contribution in [1.82, 2.24) is 9.80 Å². The molecular formula is C25H36N2O. The van der Waals surface area contributed by atoms with E-state index in [2.05, 4.69) is 53.7 Å². The lowest BCUT2D eigenvalue weighted by molar-refractivity contribution is -0.134. The Bertz CT molecular complexity index is 697. The van der Waals surface area contributed by atoms with E-state index in [0.717, 1.165) is 51.7 Å². The molecule has 28 heavy (non-hydrogen) atoms. The smallest absolute Gasteiger partial charge is 0.227 e. The number of hydrogen-bond acceptors (Lipinski definition) is 2. The number of fused-ring (bicyclic) bond motifs is 1. The molecule has 0 saturated carbocycles. The topological polar surface area (TPSA) is 23.6 Å². The van der Waals surface area contributed by atoms with Crippen molar-refractivity contribution in [3.63, 3.8) is 0 Å². The maximum atomic E-state index is 13.0. The molecule has 0 bridgehead atoms. The van der Waals surface area contributed by atoms with Crippen molar-refractivity contribution in [2.45, 2.75) is 64.8 Å². The van der Waals surface area contributed by atoms with Crippen LogP contribution in [0.2, 0.25) is 0 Å². The van der Waals surface area contributed by atoms with E-state index < -0.39 is 0 Å². The fraction of sp³-hybridized carbons (Fsp3) is 0.560. The predicted molar refractivity (Wildman–Crippen MR) is 118 cm³/mol. The summed E-state index contributed by atoms with van der Waals surface area (Å²) in [7, 11) is 0. The molecule has 2 unspecified atom stereocenters. The SMILES string of the molecule is C=C/C(=C\C=C/C)CCN1CCC2C(CC3=C(C=CCC3)N2C(=O)CCC)C1. The molecule has 1 saturated heterocycles. The van der Waals surface area contributed by atoms with Gasteiger partial charge in [0.05, 0.1) is 0 Å². The van der Waals surface area contributed by atoms with Crippen LogP contribution in [0.25, 0.3) is 0 Å². The average molecular weight is 381 g/mol. The summed E-state index contributed by atoms with van der Waals surface area (Å²) in [6.07, 6.45) is 19.9. The lowest BCUT2D eigenvalue weighted by Gasteiger charge is -2.49. The lowest BCUT2D eigenvalue weighted by atomic mass is 9.78. The molecule has 0 aromatic heterocycles. The van der Waals surface area contributed by atoms with Gasteiger partial charge in [0, 0.05) is 37.8 Å². The van der Waals surface area contributed by atoms with E-state index in [9.17, 15) is 4.79 Å². The van der Waals surface area contributed by atoms with Crippen LogP contribution in [0.5, 0.6) is 0 Å². The lowest BCUT2D eigenvalue weighted by Crippen LogP contribution is -2.55. The average Bonchev–Trinajstić information content (AvgIpc) is 2.72. The van der Waals surface area contributed by atoms with Gasteiger partial charge in [-0.1, -0.05) is 43.9 Å². The number of carbonyl (C=O) groups excluding carboxylic acids is 1. The highest BCUT2D eigenvalue weighted by atomic mass is 16.2. The molecule has 3 aliphatic rings. The van der Waals surface area contributed by atoms with E-state index in [4.69, 9.17) is 0 Å². The Kier molecular flexibility index (Phi) is 7.50. The third-order valence-electron chi connectivity index (χ3n) is 6.34. The van der Waals surface area contributed by atoms with Crippen LogP contribution in [0.1, 0.15) is 58.8 Å². The van der Waals surface area contributed by atoms with Crippen molar-refractivity contribution in [3.8, 4) is 0 Å². The van der Waals surface area contributed by atoms with Crippen LogP contribution in [0.3, 0.4) is 0 Å². The monoisotopic (exact) mass is 380 g/mol. The standard InChI is InChI=1S/C25H36N2O/c1-4-7-11-20(6-3)14-16-26-17-15-24-22(19-26)18-21-12-8-9-13-23(21)27(24)25(28)10-5-2/h4,6-7,9,11,13,22,24H,3,5,8,10,12,14-19H2,1-2H3/b7-4-,20-11+. The Hall–Kier alpha value is -1.87. The normalized spacial score (nSPS) is 25.8. The van der Waals surface area contributed by atoms with Gasteiger partial charge in [0.2, 0.25) is 5.91 Å². The summed E-state index contributed by atoms with van der Waals surface area (Å²) in [6.45, 7) is 11.4. The molecule has 1 amide bonds. The minimum atomic E-state index is 0.327. The molecule has 3 heteroatoms. The van der Waals surface area contributed by atoms with Crippen LogP contribution in [-0.2, 0) is 4.79 Å². The summed E-state index contributed by atoms with van der Waals surface area (Å²) >= 11 is 0. The quantitative estimate of drug-likeness (QED) is 0.553. The number of amides is 1. The van der Waals surface area contributed by atoms with E-state index in [1.165, 1.54) is 23.3 Å². The fourth-order valence-electron chi connectivity index (χ4n) is 4.90. The van der Waals surface area contributed by atoms with Gasteiger partial charge in [0.1, 0.15) is 0 Å². The number of piperidine rings is 1. The zero-order valence-corrected chi connectivity index (χ0v) is 17.7. The second kappa shape index (κ2) is 10.1. The first kappa shape index (κ1) is 20.9. The summed E-state index contributed by atoms with van der Waals surface area (Å²) in [4.78, 5) is 17.8. The molecule has 3 nitrogen and oxygen atoms in total. The Morgan fingerprint density at radius 1 is 1.36 bits per heavy atom. The van der Waals surface area contributed by atoms with Crippen molar-refractivity contribution in [2.24, 2.45) is 5.92 Å². The van der Waals surface area contributed by atoms with Crippen LogP contribution in [0.4, 0.5) is 0 Å². The third kappa shape index (κ3) is 4.75. The van der Waals surface area contributed by atoms with Gasteiger partial charge in [-0.05, 0) is 68.6 Å². The molecule has 2 aliphatic heterocycles. The van der Waals surface area contributed by atoms with E-state index >= 15 is 0 Å². The van der Waals surface area contributed by atoms with E-state index in [1.807, 2.05) is 13.0 Å². The van der Waals surface area contributed by atoms with Crippen molar-refractivity contribution >= 4 is 5.91 Å². The van der Waals surface area contributed by atoms with E-state index in [0.29, 0.717) is 24.3 Å². The van der Waals surface area contributed by atoms with Gasteiger partial charge in [0.25, 0.3) is 0 Å². The van der Waals surface area contributed by atoms with Gasteiger partial charge in [-0.2, -0.15) is 0 Å². The highest BCUT2D eigenvalue weighted by Crippen LogP contribution is 2.40. The van der Waals surface area contributed by atoms with Crippen molar-refractivity contribution in [3.05, 3.63) is 59.9 Å². The predicted octanol–water partition coefficient (Wildman–Crippen LogP) is 5.39. The number of allylic oxidation sites excluding steroid dienone is 7. The summed E-state index contributed by atoms with van der Waals surface area (Å²) in [5, 5.41) is 0. The van der Waals surface area contributed by atoms with E-state index in [1.54, 1.807) is 0 Å². The molecule has 0 spiro atoms. The van der Waals surface area contributed by atoms with Gasteiger partial charge in [-0.25, -0.2) is 0 Å². The van der Waals surface area contributed by atoms with E-state index in [-0.39, 0.29) is 0 Å². The molecule has 0 aromatic carbocycles. The van der Waals surface area contributed by atoms with Crippen LogP contribution in [-0.4, -0.2) is 41.4 Å². The van der Waals surface area contributed by atoms with Crippen LogP contribution in [0, 0.1) is 5.92 Å². The van der Waals surface area contributed by atoms with Crippen molar-refractivity contribution in [1.29, 1.82) is 0 Å². The summed E-state index contributed by atoms with van der Waals surface area (Å²) in [5.41, 5.74) is 4.04. The van der Waals surface area contributed by atoms with Crippen LogP contribution >= 0.6 is 0 Å². The maximum Gasteiger partial charge on any atom is 0.227 e. The zero-order valence-electron chi connectivity index (χ0n) is 17.7. The minimum Gasteiger partial charge on any atom is -0.309 e. The minimum absolute atomic E-state index is 0.327. The summed E-state index contributed by atoms with van der Waals surface area (Å²) in [6, 6.07) is 0.384. The number of rotatable bonds is 7. The second-order valence-electron chi connectivity index (χ2n) is 8.29. The molecule has 2 heterocycles. The first-order valence-electron chi connectivity index (χ1n) is 11.0. The largest absolute Gasteiger partial charge is 0.309 e. The van der Waals surface area contributed by atoms with Gasteiger partial charge < -0.3 is 9.80 Å². The van der Waals surface area contributed by atoms with Gasteiger partial charge >= 0.3 is 0 Å². The summed E-state index contributed by atoms with van der Waals surface area (Å²) < 4.78 is 0. The van der Waals surface area contributed by atoms with Gasteiger partial charge in [0.15, 0.2) is 0 Å². The highest BCUT2D eigenvalue weighted by molar-refractivity contribution is 5.79. The van der Waals surface area contributed by atoms with Crippen LogP contribution in [0.15, 0.2) is 59.9 Å². The fourth-order valence-corrected chi connectivity index (χ4v) is 4.90. The zero-order chi connectivity index (χ0) is 19.9. The number of nitrogens with zero attached hydrogens (tertiary/aromatic N) is 2. The van der Waals surface area contributed by atoms with Crippen molar-refractivity contribution < 1.29 is 4.79 Å². The molecule has 152 valence electrons. The molecular weight excluding hydrogens is 344 g/mol. The second-order valence-corrected chi connectivity index (χ2v) is 8.29. The summed E-state index contributed by atoms with van der Waals surface area (Å²) in [5.74, 6) is 0.902.